The average molecular weight is 938 g/mol. The van der Waals surface area contributed by atoms with Crippen LogP contribution in [0, 0.1) is 17.8 Å². The molecule has 0 aromatic rings. The van der Waals surface area contributed by atoms with E-state index in [1.54, 1.807) is 75.5 Å². The Morgan fingerprint density at radius 2 is 1.24 bits per heavy atom. The van der Waals surface area contributed by atoms with E-state index in [1.807, 2.05) is 37.3 Å². The monoisotopic (exact) mass is 938 g/mol. The van der Waals surface area contributed by atoms with Crippen molar-refractivity contribution < 1.29 is 84.3 Å². The third-order valence-electron chi connectivity index (χ3n) is 12.2. The highest BCUT2D eigenvalue weighted by atomic mass is 16.7. The minimum Gasteiger partial charge on any atom is -0.469 e. The van der Waals surface area contributed by atoms with Crippen LogP contribution in [0.3, 0.4) is 0 Å². The van der Waals surface area contributed by atoms with Crippen molar-refractivity contribution in [2.45, 2.75) is 177 Å². The number of allylic oxidation sites excluding steroid dienone is 12. The summed E-state index contributed by atoms with van der Waals surface area (Å²) in [7, 11) is 1.12. The molecule has 18 nitrogen and oxygen atoms in total. The first kappa shape index (κ1) is 56.9. The average Bonchev–Trinajstić information content (AvgIpc) is 3.24. The van der Waals surface area contributed by atoms with Crippen LogP contribution >= 0.6 is 0 Å². The predicted molar refractivity (Wildman–Crippen MR) is 241 cm³/mol. The second-order valence-corrected chi connectivity index (χ2v) is 17.8. The standard InChI is InChI=1S/C48H75NO17/c1-28-18-16-14-12-10-8-6-7-9-11-13-15-17-19-35(65-47-45(59)42(49)44(58)31(4)64-47)25-39-41(46(60)62-5)38(55)27-48(61,66-39)26-34(52)23-37(54)36(53)21-20-32(50)22-33(51)24-40(56)63-30(3)29(2)43(28)57/h6-19,28-39,41-45,47,50-55,57-59,61H,20-27,49H2,1-5H3/b7-6+,10-8+,11-9+,14-12+,15-13+,18-16+,19-17+/t28-,29-,30-,31+,32?,33?,34?,35?,36?,37?,38-,39-,41?,42-,43+,44+,45-,47?,48?/m0/s1. The van der Waals surface area contributed by atoms with E-state index in [4.69, 9.17) is 29.4 Å². The molecule has 0 amide bonds. The maximum absolute atomic E-state index is 13.1. The Labute approximate surface area is 387 Å². The molecule has 2 saturated heterocycles. The lowest BCUT2D eigenvalue weighted by molar-refractivity contribution is -0.308. The van der Waals surface area contributed by atoms with Crippen LogP contribution in [0.1, 0.15) is 79.1 Å². The molecule has 0 aliphatic carbocycles. The van der Waals surface area contributed by atoms with E-state index in [-0.39, 0.29) is 31.6 Å². The molecule has 0 saturated carbocycles. The number of aliphatic hydroxyl groups excluding tert-OH is 9. The molecule has 3 rings (SSSR count). The minimum absolute atomic E-state index is 0.0949. The second-order valence-electron chi connectivity index (χ2n) is 17.8. The van der Waals surface area contributed by atoms with Crippen molar-refractivity contribution in [3.05, 3.63) is 85.1 Å². The van der Waals surface area contributed by atoms with Crippen molar-refractivity contribution in [1.82, 2.24) is 0 Å². The number of methoxy groups -OCH3 is 1. The highest BCUT2D eigenvalue weighted by Gasteiger charge is 2.51. The Morgan fingerprint density at radius 3 is 1.83 bits per heavy atom. The van der Waals surface area contributed by atoms with Gasteiger partial charge in [0, 0.05) is 37.5 Å². The summed E-state index contributed by atoms with van der Waals surface area (Å²) in [5.74, 6) is -5.93. The Bertz CT molecular complexity index is 1680. The summed E-state index contributed by atoms with van der Waals surface area (Å²) in [6, 6.07) is -1.13. The molecule has 3 heterocycles. The molecule has 3 aliphatic rings. The van der Waals surface area contributed by atoms with Crippen molar-refractivity contribution in [3.63, 3.8) is 0 Å². The van der Waals surface area contributed by atoms with Gasteiger partial charge in [-0.25, -0.2) is 0 Å². The van der Waals surface area contributed by atoms with E-state index in [0.717, 1.165) is 7.11 Å². The maximum Gasteiger partial charge on any atom is 0.313 e. The number of carbonyl (C=O) groups excluding carboxylic acids is 2. The lowest BCUT2D eigenvalue weighted by Crippen LogP contribution is -2.61. The normalized spacial score (nSPS) is 44.9. The molecule has 9 unspecified atom stereocenters. The van der Waals surface area contributed by atoms with E-state index < -0.39 is 147 Å². The fourth-order valence-corrected chi connectivity index (χ4v) is 8.09. The van der Waals surface area contributed by atoms with Gasteiger partial charge >= 0.3 is 11.9 Å². The number of rotatable bonds is 3. The van der Waals surface area contributed by atoms with Gasteiger partial charge in [-0.3, -0.25) is 9.59 Å². The van der Waals surface area contributed by atoms with Crippen molar-refractivity contribution in [1.29, 1.82) is 0 Å². The number of hydrogen-bond donors (Lipinski definition) is 11. The topological polar surface area (TPSA) is 309 Å². The maximum atomic E-state index is 13.1. The zero-order valence-corrected chi connectivity index (χ0v) is 38.5. The molecular weight excluding hydrogens is 863 g/mol. The zero-order valence-electron chi connectivity index (χ0n) is 38.5. The highest BCUT2D eigenvalue weighted by Crippen LogP contribution is 2.38. The number of aliphatic hydroxyl groups is 10. The Kier molecular flexibility index (Phi) is 24.3. The summed E-state index contributed by atoms with van der Waals surface area (Å²) < 4.78 is 28.4. The number of nitrogens with two attached hydrogens (primary N) is 1. The van der Waals surface area contributed by atoms with E-state index in [0.29, 0.717) is 0 Å². The number of cyclic esters (lactones) is 1. The highest BCUT2D eigenvalue weighted by molar-refractivity contribution is 5.74. The van der Waals surface area contributed by atoms with Gasteiger partial charge in [-0.05, 0) is 33.1 Å². The van der Waals surface area contributed by atoms with Crippen LogP contribution in [-0.2, 0) is 33.3 Å². The van der Waals surface area contributed by atoms with E-state index in [2.05, 4.69) is 0 Å². The van der Waals surface area contributed by atoms with Gasteiger partial charge in [0.2, 0.25) is 0 Å². The van der Waals surface area contributed by atoms with Crippen LogP contribution in [0.4, 0.5) is 0 Å². The van der Waals surface area contributed by atoms with Crippen molar-refractivity contribution in [2.24, 2.45) is 23.5 Å². The fraction of sp³-hybridized carbons (Fsp3) is 0.667. The Hall–Kier alpha value is -3.44. The smallest absolute Gasteiger partial charge is 0.313 e. The first-order valence-corrected chi connectivity index (χ1v) is 22.7. The Morgan fingerprint density at radius 1 is 0.667 bits per heavy atom. The van der Waals surface area contributed by atoms with Gasteiger partial charge in [-0.1, -0.05) is 98.9 Å². The summed E-state index contributed by atoms with van der Waals surface area (Å²) in [6.07, 6.45) is 4.50. The van der Waals surface area contributed by atoms with Crippen LogP contribution in [-0.4, -0.2) is 168 Å². The number of carbonyl (C=O) groups is 2. The minimum atomic E-state index is -2.27. The molecule has 374 valence electrons. The molecule has 3 aliphatic heterocycles. The summed E-state index contributed by atoms with van der Waals surface area (Å²) in [5.41, 5.74) is 6.05. The predicted octanol–water partition coefficient (Wildman–Crippen LogP) is 0.800. The summed E-state index contributed by atoms with van der Waals surface area (Å²) in [5, 5.41) is 109. The van der Waals surface area contributed by atoms with E-state index in [1.165, 1.54) is 0 Å². The van der Waals surface area contributed by atoms with Crippen LogP contribution in [0.15, 0.2) is 85.1 Å². The van der Waals surface area contributed by atoms with E-state index >= 15 is 0 Å². The van der Waals surface area contributed by atoms with Gasteiger partial charge in [-0.2, -0.15) is 0 Å². The van der Waals surface area contributed by atoms with Gasteiger partial charge in [0.1, 0.15) is 18.1 Å². The lowest BCUT2D eigenvalue weighted by Gasteiger charge is -2.45. The number of ether oxygens (including phenoxy) is 5. The number of hydrogen-bond acceptors (Lipinski definition) is 18. The summed E-state index contributed by atoms with van der Waals surface area (Å²) >= 11 is 0. The third kappa shape index (κ3) is 18.6. The van der Waals surface area contributed by atoms with Crippen LogP contribution < -0.4 is 5.73 Å². The number of fused-ring (bicyclic) bond motifs is 2. The molecular formula is C48H75NO17. The molecule has 66 heavy (non-hydrogen) atoms. The Balaban J connectivity index is 1.88. The lowest BCUT2D eigenvalue weighted by atomic mass is 9.82. The van der Waals surface area contributed by atoms with Crippen molar-refractivity contribution >= 4 is 11.9 Å². The van der Waals surface area contributed by atoms with Crippen molar-refractivity contribution in [3.8, 4) is 0 Å². The molecule has 18 heteroatoms. The third-order valence-corrected chi connectivity index (χ3v) is 12.2. The van der Waals surface area contributed by atoms with Crippen LogP contribution in [0.25, 0.3) is 0 Å². The van der Waals surface area contributed by atoms with Crippen LogP contribution in [0.2, 0.25) is 0 Å². The molecule has 0 aromatic heterocycles. The van der Waals surface area contributed by atoms with Gasteiger partial charge in [0.15, 0.2) is 12.1 Å². The van der Waals surface area contributed by atoms with Crippen molar-refractivity contribution in [2.75, 3.05) is 7.11 Å². The van der Waals surface area contributed by atoms with Crippen LogP contribution in [0.5, 0.6) is 0 Å². The fourth-order valence-electron chi connectivity index (χ4n) is 8.09. The van der Waals surface area contributed by atoms with Gasteiger partial charge in [0.25, 0.3) is 0 Å². The molecule has 12 N–H and O–H groups in total. The molecule has 0 aromatic carbocycles. The largest absolute Gasteiger partial charge is 0.469 e. The van der Waals surface area contributed by atoms with Gasteiger partial charge in [0.05, 0.1) is 86.7 Å². The first-order chi connectivity index (χ1) is 31.2. The quantitative estimate of drug-likeness (QED) is 0.174. The summed E-state index contributed by atoms with van der Waals surface area (Å²) in [4.78, 5) is 25.7. The molecule has 19 atom stereocenters. The zero-order chi connectivity index (χ0) is 49.1. The molecule has 0 radical (unpaired) electrons. The SMILES string of the molecule is COC(=O)C1[C@@H]2CC(OC3O[C@H](C)[C@@H](O)[C@H](N)[C@@H]3O)/C=C/C=C/C=C/C=C/C=C/C=C/C=C/[C@H](C)[C@@H](O)[C@@H](C)[C@H](C)OC(=O)CC(O)CC(O)CCC(O)C(O)CC(O)CC(O)(C[C@@H]1O)O2. The van der Waals surface area contributed by atoms with Gasteiger partial charge in [-0.15, -0.1) is 0 Å². The first-order valence-electron chi connectivity index (χ1n) is 22.7. The van der Waals surface area contributed by atoms with Gasteiger partial charge < -0.3 is 80.5 Å². The molecule has 2 bridgehead atoms. The molecule has 2 fully saturated rings. The number of esters is 2. The van der Waals surface area contributed by atoms with E-state index in [9.17, 15) is 60.7 Å². The molecule has 0 spiro atoms. The summed E-state index contributed by atoms with van der Waals surface area (Å²) in [6.45, 7) is 6.78. The second kappa shape index (κ2) is 28.1.